The summed E-state index contributed by atoms with van der Waals surface area (Å²) in [6.45, 7) is 5.32. The molecule has 0 aromatic rings. The molecule has 1 unspecified atom stereocenters. The molecule has 0 aliphatic rings. The van der Waals surface area contributed by atoms with Gasteiger partial charge >= 0.3 is 0 Å². The van der Waals surface area contributed by atoms with Crippen molar-refractivity contribution >= 4 is 11.6 Å². The molecule has 0 radical (unpaired) electrons. The summed E-state index contributed by atoms with van der Waals surface area (Å²) in [5.41, 5.74) is 0. The van der Waals surface area contributed by atoms with Crippen molar-refractivity contribution in [3.05, 3.63) is 0 Å². The van der Waals surface area contributed by atoms with Crippen molar-refractivity contribution < 1.29 is 26.5 Å². The van der Waals surface area contributed by atoms with Gasteiger partial charge in [-0.05, 0) is 12.8 Å². The summed E-state index contributed by atoms with van der Waals surface area (Å²) >= 11 is 0. The Morgan fingerprint density at radius 2 is 0.816 bits per heavy atom. The lowest BCUT2D eigenvalue weighted by molar-refractivity contribution is -0.872. The van der Waals surface area contributed by atoms with E-state index in [4.69, 9.17) is 0 Å². The molecule has 0 N–H and O–H groups in total. The summed E-state index contributed by atoms with van der Waals surface area (Å²) < 4.78 is 0.750. The quantitative estimate of drug-likeness (QED) is 0.0717. The van der Waals surface area contributed by atoms with Gasteiger partial charge in [0.15, 0.2) is 0 Å². The van der Waals surface area contributed by atoms with Crippen LogP contribution in [0.4, 0.5) is 0 Å². The van der Waals surface area contributed by atoms with Crippen LogP contribution in [0.1, 0.15) is 174 Å². The molecule has 0 aliphatic heterocycles. The Balaban J connectivity index is 0. The number of halogens is 1. The summed E-state index contributed by atoms with van der Waals surface area (Å²) in [7, 11) is 6.41. The highest BCUT2D eigenvalue weighted by Gasteiger charge is 2.27. The van der Waals surface area contributed by atoms with Crippen LogP contribution in [0, 0.1) is 5.92 Å². The number of ketones is 2. The van der Waals surface area contributed by atoms with Gasteiger partial charge in [-0.1, -0.05) is 142 Å². The van der Waals surface area contributed by atoms with Gasteiger partial charge in [-0.2, -0.15) is 0 Å². The Hall–Kier alpha value is -0.410. The number of rotatable bonds is 29. The minimum absolute atomic E-state index is 0. The molecular weight excluding hydrogens is 490 g/mol. The van der Waals surface area contributed by atoms with Crippen molar-refractivity contribution in [3.8, 4) is 0 Å². The maximum atomic E-state index is 13.0. The van der Waals surface area contributed by atoms with Gasteiger partial charge in [0.05, 0.1) is 33.6 Å². The number of quaternary nitrogens is 1. The minimum atomic E-state index is -0.0941. The first kappa shape index (κ1) is 39.7. The highest BCUT2D eigenvalue weighted by Crippen LogP contribution is 2.19. The third kappa shape index (κ3) is 28.6. The van der Waals surface area contributed by atoms with E-state index in [1.54, 1.807) is 0 Å². The molecule has 228 valence electrons. The van der Waals surface area contributed by atoms with Gasteiger partial charge in [0.2, 0.25) is 0 Å². The van der Waals surface area contributed by atoms with Crippen molar-refractivity contribution in [1.29, 1.82) is 0 Å². The van der Waals surface area contributed by atoms with Crippen LogP contribution in [-0.4, -0.2) is 43.7 Å². The first-order valence-corrected chi connectivity index (χ1v) is 16.6. The minimum Gasteiger partial charge on any atom is -1.00 e. The second-order valence-electron chi connectivity index (χ2n) is 13.0. The highest BCUT2D eigenvalue weighted by atomic mass is 35.5. The molecule has 4 heteroatoms. The largest absolute Gasteiger partial charge is 1.00 e. The average molecular weight is 558 g/mol. The fraction of sp³-hybridized carbons (Fsp3) is 0.941. The van der Waals surface area contributed by atoms with Gasteiger partial charge in [-0.25, -0.2) is 0 Å². The Labute approximate surface area is 245 Å². The maximum Gasteiger partial charge on any atom is 0.142 e. The molecule has 1 atom stereocenters. The molecule has 0 amide bonds. The predicted molar refractivity (Wildman–Crippen MR) is 163 cm³/mol. The van der Waals surface area contributed by atoms with Crippen LogP contribution in [-0.2, 0) is 9.59 Å². The first-order valence-electron chi connectivity index (χ1n) is 16.6. The van der Waals surface area contributed by atoms with E-state index in [0.717, 1.165) is 36.7 Å². The maximum absolute atomic E-state index is 13.0. The van der Waals surface area contributed by atoms with Crippen LogP contribution in [0.3, 0.4) is 0 Å². The number of carbonyl (C=O) groups is 2. The lowest BCUT2D eigenvalue weighted by Crippen LogP contribution is -3.00. The zero-order chi connectivity index (χ0) is 27.6. The molecule has 0 saturated heterocycles. The van der Waals surface area contributed by atoms with E-state index in [0.29, 0.717) is 30.8 Å². The predicted octanol–water partition coefficient (Wildman–Crippen LogP) is 7.24. The van der Waals surface area contributed by atoms with Crippen molar-refractivity contribution in [2.45, 2.75) is 174 Å². The summed E-state index contributed by atoms with van der Waals surface area (Å²) in [6, 6.07) is 0. The van der Waals surface area contributed by atoms with Crippen molar-refractivity contribution in [2.24, 2.45) is 5.92 Å². The Morgan fingerprint density at radius 1 is 0.500 bits per heavy atom. The second-order valence-corrected chi connectivity index (χ2v) is 13.0. The van der Waals surface area contributed by atoms with Crippen LogP contribution >= 0.6 is 0 Å². The van der Waals surface area contributed by atoms with Crippen LogP contribution in [0.2, 0.25) is 0 Å². The van der Waals surface area contributed by atoms with E-state index in [1.807, 2.05) is 0 Å². The normalized spacial score (nSPS) is 12.3. The van der Waals surface area contributed by atoms with E-state index in [-0.39, 0.29) is 18.3 Å². The highest BCUT2D eigenvalue weighted by molar-refractivity contribution is 5.88. The van der Waals surface area contributed by atoms with E-state index in [1.165, 1.54) is 116 Å². The second kappa shape index (κ2) is 28.1. The van der Waals surface area contributed by atoms with Crippen LogP contribution in [0.5, 0.6) is 0 Å². The number of hydrogen-bond donors (Lipinski definition) is 0. The summed E-state index contributed by atoms with van der Waals surface area (Å²) in [5, 5.41) is 0. The lowest BCUT2D eigenvalue weighted by Gasteiger charge is -2.28. The zero-order valence-corrected chi connectivity index (χ0v) is 27.4. The van der Waals surface area contributed by atoms with Crippen LogP contribution in [0.25, 0.3) is 0 Å². The molecule has 3 nitrogen and oxygen atoms in total. The van der Waals surface area contributed by atoms with E-state index >= 15 is 0 Å². The first-order chi connectivity index (χ1) is 17.8. The molecule has 0 aromatic carbocycles. The molecule has 0 saturated carbocycles. The topological polar surface area (TPSA) is 34.1 Å². The van der Waals surface area contributed by atoms with E-state index in [9.17, 15) is 9.59 Å². The molecule has 38 heavy (non-hydrogen) atoms. The van der Waals surface area contributed by atoms with Gasteiger partial charge in [0.1, 0.15) is 11.6 Å². The summed E-state index contributed by atoms with van der Waals surface area (Å²) in [6.07, 6.45) is 30.4. The molecule has 0 aromatic heterocycles. The number of unbranched alkanes of at least 4 members (excludes halogenated alkanes) is 20. The monoisotopic (exact) mass is 557 g/mol. The summed E-state index contributed by atoms with van der Waals surface area (Å²) in [4.78, 5) is 25.7. The van der Waals surface area contributed by atoms with Gasteiger partial charge < -0.3 is 16.9 Å². The van der Waals surface area contributed by atoms with E-state index in [2.05, 4.69) is 35.0 Å². The smallest absolute Gasteiger partial charge is 0.142 e. The molecule has 0 rings (SSSR count). The van der Waals surface area contributed by atoms with Gasteiger partial charge in [-0.15, -0.1) is 0 Å². The van der Waals surface area contributed by atoms with E-state index < -0.39 is 0 Å². The fourth-order valence-corrected chi connectivity index (χ4v) is 5.47. The van der Waals surface area contributed by atoms with Crippen LogP contribution < -0.4 is 12.4 Å². The fourth-order valence-electron chi connectivity index (χ4n) is 5.47. The Morgan fingerprint density at radius 3 is 1.16 bits per heavy atom. The van der Waals surface area contributed by atoms with Crippen molar-refractivity contribution in [1.82, 2.24) is 0 Å². The van der Waals surface area contributed by atoms with Crippen molar-refractivity contribution in [2.75, 3.05) is 27.7 Å². The molecule has 0 spiro atoms. The van der Waals surface area contributed by atoms with Crippen LogP contribution in [0.15, 0.2) is 0 Å². The standard InChI is InChI=1S/C34H68NO2.ClH/c1-6-8-10-12-14-16-18-20-22-24-26-28-33(36)30-32(31-35(3,4)5)34(37)29-27-25-23-21-19-17-15-13-11-9-7-2;/h32H,6-31H2,1-5H3;1H/q+1;/p-1. The summed E-state index contributed by atoms with van der Waals surface area (Å²) in [5.74, 6) is 0.543. The van der Waals surface area contributed by atoms with Crippen molar-refractivity contribution in [3.63, 3.8) is 0 Å². The van der Waals surface area contributed by atoms with Gasteiger partial charge in [0, 0.05) is 19.3 Å². The number of hydrogen-bond acceptors (Lipinski definition) is 2. The third-order valence-electron chi connectivity index (χ3n) is 7.78. The van der Waals surface area contributed by atoms with Gasteiger partial charge in [0.25, 0.3) is 0 Å². The number of nitrogens with zero attached hydrogens (tertiary/aromatic N) is 1. The Kier molecular flexibility index (Phi) is 29.4. The molecule has 0 fully saturated rings. The molecule has 0 aliphatic carbocycles. The van der Waals surface area contributed by atoms with Gasteiger partial charge in [-0.3, -0.25) is 9.59 Å². The Bertz CT molecular complexity index is 529. The third-order valence-corrected chi connectivity index (χ3v) is 7.78. The number of Topliss-reactive ketones (excluding diaryl/α,β-unsaturated/α-hetero) is 2. The molecule has 0 bridgehead atoms. The zero-order valence-electron chi connectivity index (χ0n) is 26.6. The SMILES string of the molecule is CCCCCCCCCCCCCC(=O)CC(C[N+](C)(C)C)C(=O)CCCCCCCCCCCCC.[Cl-]. The molecular formula is C34H68ClNO2. The molecule has 0 heterocycles. The lowest BCUT2D eigenvalue weighted by atomic mass is 9.91. The number of carbonyl (C=O) groups excluding carboxylic acids is 2. The average Bonchev–Trinajstić information content (AvgIpc) is 2.84.